The average molecular weight is 509 g/mol. The highest BCUT2D eigenvalue weighted by Gasteiger charge is 2.24. The first-order valence-electron chi connectivity index (χ1n) is 12.3. The van der Waals surface area contributed by atoms with Crippen molar-refractivity contribution in [2.24, 2.45) is 5.92 Å². The Bertz CT molecular complexity index is 1200. The van der Waals surface area contributed by atoms with Gasteiger partial charge >= 0.3 is 0 Å². The highest BCUT2D eigenvalue weighted by Crippen LogP contribution is 2.38. The van der Waals surface area contributed by atoms with Crippen LogP contribution in [0.2, 0.25) is 0 Å². The van der Waals surface area contributed by atoms with E-state index in [0.717, 1.165) is 38.2 Å². The minimum absolute atomic E-state index is 0.108. The van der Waals surface area contributed by atoms with Crippen molar-refractivity contribution in [3.8, 4) is 11.1 Å². The second kappa shape index (κ2) is 11.1. The van der Waals surface area contributed by atoms with Crippen LogP contribution in [0.25, 0.3) is 11.1 Å². The van der Waals surface area contributed by atoms with Gasteiger partial charge in [-0.1, -0.05) is 31.9 Å². The van der Waals surface area contributed by atoms with Crippen LogP contribution < -0.4 is 0 Å². The van der Waals surface area contributed by atoms with E-state index in [2.05, 4.69) is 6.92 Å². The van der Waals surface area contributed by atoms with E-state index < -0.39 is 46.3 Å². The number of rotatable bonds is 7. The third-order valence-electron chi connectivity index (χ3n) is 7.28. The summed E-state index contributed by atoms with van der Waals surface area (Å²) in [6, 6.07) is 6.12. The third kappa shape index (κ3) is 5.45. The Morgan fingerprint density at radius 2 is 1.28 bits per heavy atom. The largest absolute Gasteiger partial charge is 0.207 e. The molecule has 0 bridgehead atoms. The Morgan fingerprint density at radius 1 is 0.667 bits per heavy atom. The molecule has 36 heavy (non-hydrogen) atoms. The van der Waals surface area contributed by atoms with Gasteiger partial charge in [0.25, 0.3) is 0 Å². The van der Waals surface area contributed by atoms with Crippen molar-refractivity contribution in [2.75, 3.05) is 0 Å². The first-order chi connectivity index (χ1) is 17.2. The molecular weight excluding hydrogens is 481 g/mol. The average Bonchev–Trinajstić information content (AvgIpc) is 2.85. The van der Waals surface area contributed by atoms with E-state index in [1.807, 2.05) is 0 Å². The second-order valence-electron chi connectivity index (χ2n) is 9.62. The van der Waals surface area contributed by atoms with Crippen molar-refractivity contribution in [1.29, 1.82) is 0 Å². The molecule has 0 aliphatic heterocycles. The molecule has 0 nitrogen and oxygen atoms in total. The molecule has 0 unspecified atom stereocenters. The van der Waals surface area contributed by atoms with Crippen LogP contribution in [0.3, 0.4) is 0 Å². The molecule has 0 radical (unpaired) electrons. The van der Waals surface area contributed by atoms with Gasteiger partial charge < -0.3 is 0 Å². The van der Waals surface area contributed by atoms with Gasteiger partial charge in [-0.15, -0.1) is 0 Å². The molecule has 0 amide bonds. The summed E-state index contributed by atoms with van der Waals surface area (Å²) in [7, 11) is 0. The van der Waals surface area contributed by atoms with Crippen molar-refractivity contribution in [2.45, 2.75) is 64.2 Å². The lowest BCUT2D eigenvalue weighted by Gasteiger charge is -2.29. The molecule has 0 spiro atoms. The van der Waals surface area contributed by atoms with Gasteiger partial charge in [0.1, 0.15) is 11.6 Å². The summed E-state index contributed by atoms with van der Waals surface area (Å²) < 4.78 is 99.3. The Hall–Kier alpha value is -2.83. The molecule has 0 heterocycles. The van der Waals surface area contributed by atoms with Gasteiger partial charge in [-0.25, -0.2) is 30.7 Å². The second-order valence-corrected chi connectivity index (χ2v) is 9.62. The summed E-state index contributed by atoms with van der Waals surface area (Å²) in [6.45, 7) is 2.15. The minimum Gasteiger partial charge on any atom is -0.207 e. The summed E-state index contributed by atoms with van der Waals surface area (Å²) in [4.78, 5) is 0. The predicted octanol–water partition coefficient (Wildman–Crippen LogP) is 9.19. The molecule has 4 rings (SSSR count). The lowest BCUT2D eigenvalue weighted by molar-refractivity contribution is 0.307. The van der Waals surface area contributed by atoms with Crippen molar-refractivity contribution in [1.82, 2.24) is 0 Å². The van der Waals surface area contributed by atoms with E-state index in [0.29, 0.717) is 23.6 Å². The monoisotopic (exact) mass is 508 g/mol. The number of halogens is 7. The molecule has 0 aromatic heterocycles. The van der Waals surface area contributed by atoms with Crippen LogP contribution >= 0.6 is 0 Å². The smallest absolute Gasteiger partial charge is 0.194 e. The molecule has 1 aliphatic rings. The van der Waals surface area contributed by atoms with Gasteiger partial charge in [-0.2, -0.15) is 0 Å². The maximum atomic E-state index is 14.8. The fourth-order valence-corrected chi connectivity index (χ4v) is 5.27. The predicted molar refractivity (Wildman–Crippen MR) is 125 cm³/mol. The van der Waals surface area contributed by atoms with Crippen molar-refractivity contribution in [3.05, 3.63) is 93.8 Å². The summed E-state index contributed by atoms with van der Waals surface area (Å²) in [5, 5.41) is 0. The number of hydrogen-bond acceptors (Lipinski definition) is 0. The fraction of sp³-hybridized carbons (Fsp3) is 0.379. The first-order valence-corrected chi connectivity index (χ1v) is 12.3. The topological polar surface area (TPSA) is 0 Å². The van der Waals surface area contributed by atoms with Crippen LogP contribution in [-0.2, 0) is 12.8 Å². The summed E-state index contributed by atoms with van der Waals surface area (Å²) in [6.07, 6.45) is 5.78. The molecule has 0 N–H and O–H groups in total. The molecular formula is C29H27F7. The molecule has 1 fully saturated rings. The maximum absolute atomic E-state index is 14.8. The van der Waals surface area contributed by atoms with Crippen LogP contribution in [0.5, 0.6) is 0 Å². The Kier molecular flexibility index (Phi) is 8.06. The Morgan fingerprint density at radius 3 is 1.86 bits per heavy atom. The van der Waals surface area contributed by atoms with Crippen LogP contribution in [0.4, 0.5) is 30.7 Å². The van der Waals surface area contributed by atoms with Crippen LogP contribution in [-0.4, -0.2) is 0 Å². The number of hydrogen-bond donors (Lipinski definition) is 0. The van der Waals surface area contributed by atoms with Crippen molar-refractivity contribution in [3.63, 3.8) is 0 Å². The van der Waals surface area contributed by atoms with Gasteiger partial charge in [-0.05, 0) is 91.3 Å². The van der Waals surface area contributed by atoms with Gasteiger partial charge in [0.05, 0.1) is 0 Å². The maximum Gasteiger partial charge on any atom is 0.194 e. The van der Waals surface area contributed by atoms with Crippen molar-refractivity contribution >= 4 is 0 Å². The fourth-order valence-electron chi connectivity index (χ4n) is 5.27. The van der Waals surface area contributed by atoms with E-state index in [-0.39, 0.29) is 35.4 Å². The number of benzene rings is 3. The van der Waals surface area contributed by atoms with Gasteiger partial charge in [0, 0.05) is 11.1 Å². The molecule has 1 aliphatic carbocycles. The number of aryl methyl sites for hydroxylation is 1. The highest BCUT2D eigenvalue weighted by molar-refractivity contribution is 5.65. The summed E-state index contributed by atoms with van der Waals surface area (Å²) in [5.74, 6) is -8.10. The molecule has 0 saturated heterocycles. The van der Waals surface area contributed by atoms with E-state index in [1.165, 1.54) is 24.6 Å². The van der Waals surface area contributed by atoms with E-state index in [9.17, 15) is 30.7 Å². The Balaban J connectivity index is 1.49. The minimum atomic E-state index is -1.71. The van der Waals surface area contributed by atoms with Crippen molar-refractivity contribution < 1.29 is 30.7 Å². The molecule has 0 atom stereocenters. The zero-order chi connectivity index (χ0) is 26.0. The first kappa shape index (κ1) is 26.2. The molecule has 3 aromatic carbocycles. The SMILES string of the molecule is CCCC1CCC(c2cc(F)c(CCc3ccc(-c4cc(F)c(F)c(F)c4)c(F)c3F)c(F)c2)CC1. The molecule has 7 heteroatoms. The van der Waals surface area contributed by atoms with Gasteiger partial charge in [0.2, 0.25) is 0 Å². The quantitative estimate of drug-likeness (QED) is 0.220. The van der Waals surface area contributed by atoms with Crippen LogP contribution in [0.1, 0.15) is 68.1 Å². The van der Waals surface area contributed by atoms with E-state index in [1.54, 1.807) is 0 Å². The zero-order valence-corrected chi connectivity index (χ0v) is 19.9. The summed E-state index contributed by atoms with van der Waals surface area (Å²) in [5.41, 5.74) is -0.541. The summed E-state index contributed by atoms with van der Waals surface area (Å²) >= 11 is 0. The van der Waals surface area contributed by atoms with E-state index >= 15 is 0 Å². The highest BCUT2D eigenvalue weighted by atomic mass is 19.2. The normalized spacial score (nSPS) is 18.0. The van der Waals surface area contributed by atoms with Crippen LogP contribution in [0, 0.1) is 46.6 Å². The standard InChI is InChI=1S/C29H27F7/c1-2-3-16-4-6-17(7-5-16)19-12-23(30)22(24(31)13-19)11-9-18-8-10-21(28(35)27(18)34)20-14-25(32)29(36)26(33)15-20/h8,10,12-17H,2-7,9,11H2,1H3. The lowest BCUT2D eigenvalue weighted by Crippen LogP contribution is -2.14. The molecule has 3 aromatic rings. The van der Waals surface area contributed by atoms with Crippen LogP contribution in [0.15, 0.2) is 36.4 Å². The third-order valence-corrected chi connectivity index (χ3v) is 7.28. The van der Waals surface area contributed by atoms with Gasteiger partial charge in [-0.3, -0.25) is 0 Å². The van der Waals surface area contributed by atoms with Gasteiger partial charge in [0.15, 0.2) is 29.1 Å². The molecule has 192 valence electrons. The van der Waals surface area contributed by atoms with E-state index in [4.69, 9.17) is 0 Å². The lowest BCUT2D eigenvalue weighted by atomic mass is 9.77. The zero-order valence-electron chi connectivity index (χ0n) is 19.9. The molecule has 1 saturated carbocycles. The Labute approximate surface area is 206 Å².